The van der Waals surface area contributed by atoms with E-state index in [1.165, 1.54) is 0 Å². The van der Waals surface area contributed by atoms with Gasteiger partial charge in [0.15, 0.2) is 0 Å². The summed E-state index contributed by atoms with van der Waals surface area (Å²) in [5.74, 6) is -1.37. The minimum absolute atomic E-state index is 0.0381. The number of amides is 2. The van der Waals surface area contributed by atoms with Crippen LogP contribution in [-0.2, 0) is 14.3 Å². The molecule has 0 heterocycles. The van der Waals surface area contributed by atoms with Gasteiger partial charge in [-0.3, -0.25) is 9.59 Å². The summed E-state index contributed by atoms with van der Waals surface area (Å²) in [6, 6.07) is 0. The highest BCUT2D eigenvalue weighted by Gasteiger charge is 2.16. The first-order valence-corrected chi connectivity index (χ1v) is 6.55. The van der Waals surface area contributed by atoms with Crippen molar-refractivity contribution in [2.45, 2.75) is 46.1 Å². The molecule has 0 aliphatic carbocycles. The smallest absolute Gasteiger partial charge is 0.407 e. The number of carboxylic acids is 1. The molecule has 0 saturated heterocycles. The van der Waals surface area contributed by atoms with Crippen LogP contribution in [0.3, 0.4) is 0 Å². The molecule has 0 aromatic carbocycles. The number of hydrogen-bond acceptors (Lipinski definition) is 4. The maximum atomic E-state index is 11.5. The van der Waals surface area contributed by atoms with Gasteiger partial charge in [0.1, 0.15) is 5.60 Å². The Morgan fingerprint density at radius 2 is 1.65 bits per heavy atom. The number of carboxylic acid groups (broad SMARTS) is 1. The molecule has 1 unspecified atom stereocenters. The molecule has 7 heteroatoms. The fourth-order valence-electron chi connectivity index (χ4n) is 1.44. The van der Waals surface area contributed by atoms with Crippen molar-refractivity contribution in [1.29, 1.82) is 0 Å². The van der Waals surface area contributed by atoms with Gasteiger partial charge in [0, 0.05) is 25.9 Å². The topological polar surface area (TPSA) is 105 Å². The van der Waals surface area contributed by atoms with Crippen LogP contribution < -0.4 is 10.6 Å². The van der Waals surface area contributed by atoms with E-state index >= 15 is 0 Å². The number of carbonyl (C=O) groups is 3. The molecule has 7 nitrogen and oxygen atoms in total. The van der Waals surface area contributed by atoms with Crippen LogP contribution in [0, 0.1) is 5.92 Å². The zero-order valence-electron chi connectivity index (χ0n) is 12.5. The second-order valence-electron chi connectivity index (χ2n) is 5.69. The van der Waals surface area contributed by atoms with Crippen molar-refractivity contribution in [3.05, 3.63) is 0 Å². The van der Waals surface area contributed by atoms with E-state index in [1.807, 2.05) is 0 Å². The molecule has 0 spiro atoms. The van der Waals surface area contributed by atoms with Crippen molar-refractivity contribution in [1.82, 2.24) is 10.6 Å². The van der Waals surface area contributed by atoms with Crippen LogP contribution >= 0.6 is 0 Å². The van der Waals surface area contributed by atoms with Crippen LogP contribution in [0.15, 0.2) is 0 Å². The van der Waals surface area contributed by atoms with E-state index in [-0.39, 0.29) is 37.8 Å². The third kappa shape index (κ3) is 11.3. The molecule has 0 fully saturated rings. The van der Waals surface area contributed by atoms with E-state index in [0.717, 1.165) is 0 Å². The second kappa shape index (κ2) is 8.39. The Hall–Kier alpha value is -1.79. The van der Waals surface area contributed by atoms with Crippen molar-refractivity contribution in [2.75, 3.05) is 13.1 Å². The molecule has 116 valence electrons. The minimum Gasteiger partial charge on any atom is -0.481 e. The standard InChI is InChI=1S/C13H24N2O5/c1-9(8-11(17)18)7-10(16)14-5-6-15-12(19)20-13(2,3)4/h9H,5-8H2,1-4H3,(H,14,16)(H,15,19)(H,17,18). The van der Waals surface area contributed by atoms with Gasteiger partial charge in [-0.2, -0.15) is 0 Å². The van der Waals surface area contributed by atoms with Crippen molar-refractivity contribution < 1.29 is 24.2 Å². The second-order valence-corrected chi connectivity index (χ2v) is 5.69. The lowest BCUT2D eigenvalue weighted by Crippen LogP contribution is -2.38. The number of aliphatic carboxylic acids is 1. The van der Waals surface area contributed by atoms with Crippen molar-refractivity contribution in [2.24, 2.45) is 5.92 Å². The number of nitrogens with one attached hydrogen (secondary N) is 2. The first kappa shape index (κ1) is 18.2. The molecule has 0 radical (unpaired) electrons. The van der Waals surface area contributed by atoms with Crippen LogP contribution in [0.25, 0.3) is 0 Å². The maximum Gasteiger partial charge on any atom is 0.407 e. The molecule has 20 heavy (non-hydrogen) atoms. The highest BCUT2D eigenvalue weighted by Crippen LogP contribution is 2.07. The summed E-state index contributed by atoms with van der Waals surface area (Å²) in [6.45, 7) is 7.52. The van der Waals surface area contributed by atoms with E-state index in [1.54, 1.807) is 27.7 Å². The Labute approximate surface area is 119 Å². The lowest BCUT2D eigenvalue weighted by molar-refractivity contribution is -0.138. The van der Waals surface area contributed by atoms with Gasteiger partial charge in [-0.05, 0) is 26.7 Å². The number of rotatable bonds is 7. The minimum atomic E-state index is -0.920. The van der Waals surface area contributed by atoms with Gasteiger partial charge >= 0.3 is 12.1 Å². The zero-order valence-corrected chi connectivity index (χ0v) is 12.5. The summed E-state index contributed by atoms with van der Waals surface area (Å²) in [5, 5.41) is 13.7. The average Bonchev–Trinajstić information content (AvgIpc) is 2.20. The molecule has 0 saturated carbocycles. The molecule has 0 bridgehead atoms. The fraction of sp³-hybridized carbons (Fsp3) is 0.769. The Kier molecular flexibility index (Phi) is 7.64. The van der Waals surface area contributed by atoms with E-state index in [4.69, 9.17) is 9.84 Å². The van der Waals surface area contributed by atoms with E-state index in [0.29, 0.717) is 0 Å². The highest BCUT2D eigenvalue weighted by atomic mass is 16.6. The molecule has 0 aliphatic rings. The largest absolute Gasteiger partial charge is 0.481 e. The third-order valence-corrected chi connectivity index (χ3v) is 2.17. The zero-order chi connectivity index (χ0) is 15.8. The highest BCUT2D eigenvalue weighted by molar-refractivity contribution is 5.77. The van der Waals surface area contributed by atoms with Gasteiger partial charge in [-0.15, -0.1) is 0 Å². The number of carbonyl (C=O) groups excluding carboxylic acids is 2. The van der Waals surface area contributed by atoms with Gasteiger partial charge in [0.25, 0.3) is 0 Å². The molecular formula is C13H24N2O5. The summed E-state index contributed by atoms with van der Waals surface area (Å²) in [5.41, 5.74) is -0.556. The maximum absolute atomic E-state index is 11.5. The van der Waals surface area contributed by atoms with Gasteiger partial charge in [0.05, 0.1) is 0 Å². The summed E-state index contributed by atoms with van der Waals surface area (Å²) in [6.07, 6.45) is -0.423. The number of ether oxygens (including phenoxy) is 1. The third-order valence-electron chi connectivity index (χ3n) is 2.17. The molecule has 0 aromatic heterocycles. The SMILES string of the molecule is CC(CC(=O)O)CC(=O)NCCNC(=O)OC(C)(C)C. The summed E-state index contributed by atoms with van der Waals surface area (Å²) in [4.78, 5) is 33.2. The lowest BCUT2D eigenvalue weighted by atomic mass is 10.0. The van der Waals surface area contributed by atoms with Crippen LogP contribution in [0.5, 0.6) is 0 Å². The average molecular weight is 288 g/mol. The van der Waals surface area contributed by atoms with E-state index in [9.17, 15) is 14.4 Å². The van der Waals surface area contributed by atoms with Crippen LogP contribution in [0.4, 0.5) is 4.79 Å². The molecule has 0 rings (SSSR count). The number of alkyl carbamates (subject to hydrolysis) is 1. The van der Waals surface area contributed by atoms with Crippen LogP contribution in [0.1, 0.15) is 40.5 Å². The Balaban J connectivity index is 3.72. The molecule has 2 amide bonds. The lowest BCUT2D eigenvalue weighted by Gasteiger charge is -2.19. The molecule has 1 atom stereocenters. The van der Waals surface area contributed by atoms with Crippen LogP contribution in [-0.4, -0.2) is 41.8 Å². The van der Waals surface area contributed by atoms with Gasteiger partial charge in [-0.1, -0.05) is 6.92 Å². The predicted octanol–water partition coefficient (Wildman–Crippen LogP) is 1.13. The Bertz CT molecular complexity index is 349. The Morgan fingerprint density at radius 1 is 1.10 bits per heavy atom. The molecule has 0 aliphatic heterocycles. The normalized spacial score (nSPS) is 12.4. The first-order chi connectivity index (χ1) is 9.10. The van der Waals surface area contributed by atoms with Gasteiger partial charge in [0.2, 0.25) is 5.91 Å². The van der Waals surface area contributed by atoms with Crippen LogP contribution in [0.2, 0.25) is 0 Å². The summed E-state index contributed by atoms with van der Waals surface area (Å²) in [7, 11) is 0. The monoisotopic (exact) mass is 288 g/mol. The van der Waals surface area contributed by atoms with E-state index in [2.05, 4.69) is 10.6 Å². The van der Waals surface area contributed by atoms with Gasteiger partial charge in [-0.25, -0.2) is 4.79 Å². The molecular weight excluding hydrogens is 264 g/mol. The van der Waals surface area contributed by atoms with Crippen molar-refractivity contribution in [3.63, 3.8) is 0 Å². The van der Waals surface area contributed by atoms with E-state index < -0.39 is 17.7 Å². The molecule has 3 N–H and O–H groups in total. The first-order valence-electron chi connectivity index (χ1n) is 6.55. The molecule has 0 aromatic rings. The predicted molar refractivity (Wildman–Crippen MR) is 73.3 cm³/mol. The fourth-order valence-corrected chi connectivity index (χ4v) is 1.44. The van der Waals surface area contributed by atoms with Crippen molar-refractivity contribution >= 4 is 18.0 Å². The quantitative estimate of drug-likeness (QED) is 0.609. The summed E-state index contributed by atoms with van der Waals surface area (Å²) >= 11 is 0. The Morgan fingerprint density at radius 3 is 2.15 bits per heavy atom. The summed E-state index contributed by atoms with van der Waals surface area (Å²) < 4.78 is 5.03. The van der Waals surface area contributed by atoms with Gasteiger partial charge < -0.3 is 20.5 Å². The van der Waals surface area contributed by atoms with Crippen molar-refractivity contribution in [3.8, 4) is 0 Å². The number of hydrogen-bond donors (Lipinski definition) is 3.